The van der Waals surface area contributed by atoms with Gasteiger partial charge in [-0.15, -0.1) is 0 Å². The van der Waals surface area contributed by atoms with E-state index in [1.54, 1.807) is 12.1 Å². The Hall–Kier alpha value is -1.78. The molecular formula is C17H14BrFN2. The maximum Gasteiger partial charge on any atom is 0.123 e. The first-order chi connectivity index (χ1) is 10.2. The highest BCUT2D eigenvalue weighted by molar-refractivity contribution is 9.10. The zero-order valence-corrected chi connectivity index (χ0v) is 12.9. The Morgan fingerprint density at radius 2 is 1.81 bits per heavy atom. The zero-order valence-electron chi connectivity index (χ0n) is 11.3. The highest BCUT2D eigenvalue weighted by atomic mass is 79.9. The average molecular weight is 345 g/mol. The third kappa shape index (κ3) is 3.28. The van der Waals surface area contributed by atoms with Crippen LogP contribution in [0.5, 0.6) is 0 Å². The van der Waals surface area contributed by atoms with Crippen LogP contribution in [0, 0.1) is 5.82 Å². The van der Waals surface area contributed by atoms with Crippen molar-refractivity contribution < 1.29 is 4.39 Å². The van der Waals surface area contributed by atoms with E-state index in [1.165, 1.54) is 11.5 Å². The Labute approximate surface area is 131 Å². The highest BCUT2D eigenvalue weighted by Gasteiger charge is 2.04. The summed E-state index contributed by atoms with van der Waals surface area (Å²) >= 11 is 3.44. The Bertz CT molecular complexity index is 768. The summed E-state index contributed by atoms with van der Waals surface area (Å²) in [6, 6.07) is 12.9. The monoisotopic (exact) mass is 344 g/mol. The molecule has 0 radical (unpaired) electrons. The first-order valence-corrected chi connectivity index (χ1v) is 7.49. The van der Waals surface area contributed by atoms with Gasteiger partial charge in [0.2, 0.25) is 0 Å². The van der Waals surface area contributed by atoms with E-state index in [1.807, 2.05) is 24.5 Å². The molecule has 0 aliphatic rings. The summed E-state index contributed by atoms with van der Waals surface area (Å²) in [7, 11) is 0. The van der Waals surface area contributed by atoms with Crippen LogP contribution in [-0.4, -0.2) is 4.98 Å². The zero-order chi connectivity index (χ0) is 14.7. The lowest BCUT2D eigenvalue weighted by Crippen LogP contribution is -2.13. The lowest BCUT2D eigenvalue weighted by molar-refractivity contribution is 0.619. The molecule has 4 heteroatoms. The standard InChI is InChI=1S/C17H14BrFN2/c18-17-6-5-15(19)7-13(17)9-21-11-14-10-20-8-12-3-1-2-4-16(12)14/h1-8,10,21H,9,11H2. The fraction of sp³-hybridized carbons (Fsp3) is 0.118. The molecular weight excluding hydrogens is 331 g/mol. The van der Waals surface area contributed by atoms with Crippen LogP contribution in [-0.2, 0) is 13.1 Å². The number of aromatic nitrogens is 1. The number of hydrogen-bond acceptors (Lipinski definition) is 2. The van der Waals surface area contributed by atoms with Crippen LogP contribution in [0.25, 0.3) is 10.8 Å². The third-order valence-corrected chi connectivity index (χ3v) is 4.16. The van der Waals surface area contributed by atoms with Gasteiger partial charge in [-0.05, 0) is 34.7 Å². The first kappa shape index (κ1) is 14.2. The second kappa shape index (κ2) is 6.33. The molecule has 0 spiro atoms. The van der Waals surface area contributed by atoms with Gasteiger partial charge >= 0.3 is 0 Å². The average Bonchev–Trinajstić information content (AvgIpc) is 2.51. The summed E-state index contributed by atoms with van der Waals surface area (Å²) in [4.78, 5) is 4.26. The van der Waals surface area contributed by atoms with Crippen LogP contribution >= 0.6 is 15.9 Å². The van der Waals surface area contributed by atoms with Crippen LogP contribution in [0.15, 0.2) is 59.3 Å². The lowest BCUT2D eigenvalue weighted by atomic mass is 10.1. The molecule has 2 nitrogen and oxygen atoms in total. The van der Waals surface area contributed by atoms with E-state index >= 15 is 0 Å². The molecule has 21 heavy (non-hydrogen) atoms. The number of rotatable bonds is 4. The van der Waals surface area contributed by atoms with Gasteiger partial charge in [0.25, 0.3) is 0 Å². The molecule has 106 valence electrons. The predicted molar refractivity (Wildman–Crippen MR) is 86.4 cm³/mol. The Morgan fingerprint density at radius 3 is 2.71 bits per heavy atom. The Morgan fingerprint density at radius 1 is 1.00 bits per heavy atom. The summed E-state index contributed by atoms with van der Waals surface area (Å²) in [6.07, 6.45) is 3.73. The maximum absolute atomic E-state index is 13.2. The van der Waals surface area contributed by atoms with Gasteiger partial charge in [0, 0.05) is 35.3 Å². The van der Waals surface area contributed by atoms with Crippen molar-refractivity contribution in [1.29, 1.82) is 0 Å². The van der Waals surface area contributed by atoms with Crippen LogP contribution in [0.2, 0.25) is 0 Å². The molecule has 1 aromatic heterocycles. The molecule has 0 aliphatic carbocycles. The van der Waals surface area contributed by atoms with Gasteiger partial charge in [0.1, 0.15) is 5.82 Å². The van der Waals surface area contributed by atoms with Crippen molar-refractivity contribution in [2.45, 2.75) is 13.1 Å². The number of nitrogens with zero attached hydrogens (tertiary/aromatic N) is 1. The van der Waals surface area contributed by atoms with E-state index in [-0.39, 0.29) is 5.82 Å². The Balaban J connectivity index is 1.74. The Kier molecular flexibility index (Phi) is 4.27. The van der Waals surface area contributed by atoms with Crippen molar-refractivity contribution in [3.05, 3.63) is 76.3 Å². The second-order valence-electron chi connectivity index (χ2n) is 4.86. The number of halogens is 2. The minimum absolute atomic E-state index is 0.221. The summed E-state index contributed by atoms with van der Waals surface area (Å²) in [5.41, 5.74) is 2.05. The summed E-state index contributed by atoms with van der Waals surface area (Å²) in [5.74, 6) is -0.221. The van der Waals surface area contributed by atoms with Gasteiger partial charge < -0.3 is 5.32 Å². The molecule has 1 heterocycles. The van der Waals surface area contributed by atoms with Gasteiger partial charge in [0.15, 0.2) is 0 Å². The molecule has 0 saturated carbocycles. The fourth-order valence-corrected chi connectivity index (χ4v) is 2.72. The first-order valence-electron chi connectivity index (χ1n) is 6.70. The molecule has 0 amide bonds. The van der Waals surface area contributed by atoms with Crippen LogP contribution in [0.4, 0.5) is 4.39 Å². The number of fused-ring (bicyclic) bond motifs is 1. The molecule has 0 unspecified atom stereocenters. The van der Waals surface area contributed by atoms with E-state index in [4.69, 9.17) is 0 Å². The van der Waals surface area contributed by atoms with E-state index in [9.17, 15) is 4.39 Å². The number of benzene rings is 2. The van der Waals surface area contributed by atoms with Crippen molar-refractivity contribution in [3.63, 3.8) is 0 Å². The van der Waals surface area contributed by atoms with Crippen molar-refractivity contribution in [2.75, 3.05) is 0 Å². The normalized spacial score (nSPS) is 11.0. The van der Waals surface area contributed by atoms with Gasteiger partial charge in [-0.2, -0.15) is 0 Å². The van der Waals surface area contributed by atoms with E-state index in [0.29, 0.717) is 13.1 Å². The number of pyridine rings is 1. The number of hydrogen-bond donors (Lipinski definition) is 1. The smallest absolute Gasteiger partial charge is 0.123 e. The fourth-order valence-electron chi connectivity index (χ4n) is 2.33. The van der Waals surface area contributed by atoms with Crippen LogP contribution < -0.4 is 5.32 Å². The maximum atomic E-state index is 13.2. The van der Waals surface area contributed by atoms with Gasteiger partial charge in [-0.25, -0.2) is 4.39 Å². The van der Waals surface area contributed by atoms with E-state index in [2.05, 4.69) is 38.4 Å². The van der Waals surface area contributed by atoms with Gasteiger partial charge in [-0.3, -0.25) is 4.98 Å². The molecule has 2 aromatic carbocycles. The van der Waals surface area contributed by atoms with Crippen molar-refractivity contribution in [2.24, 2.45) is 0 Å². The highest BCUT2D eigenvalue weighted by Crippen LogP contribution is 2.19. The molecule has 0 aliphatic heterocycles. The summed E-state index contributed by atoms with van der Waals surface area (Å²) < 4.78 is 14.2. The third-order valence-electron chi connectivity index (χ3n) is 3.39. The van der Waals surface area contributed by atoms with E-state index < -0.39 is 0 Å². The van der Waals surface area contributed by atoms with Crippen LogP contribution in [0.1, 0.15) is 11.1 Å². The quantitative estimate of drug-likeness (QED) is 0.757. The molecule has 0 atom stereocenters. The van der Waals surface area contributed by atoms with Crippen molar-refractivity contribution in [3.8, 4) is 0 Å². The molecule has 3 rings (SSSR count). The van der Waals surface area contributed by atoms with E-state index in [0.717, 1.165) is 21.0 Å². The van der Waals surface area contributed by atoms with Crippen molar-refractivity contribution >= 4 is 26.7 Å². The van der Waals surface area contributed by atoms with Crippen molar-refractivity contribution in [1.82, 2.24) is 10.3 Å². The minimum atomic E-state index is -0.221. The summed E-state index contributed by atoms with van der Waals surface area (Å²) in [5, 5.41) is 5.66. The SMILES string of the molecule is Fc1ccc(Br)c(CNCc2cncc3ccccc23)c1. The number of nitrogens with one attached hydrogen (secondary N) is 1. The van der Waals surface area contributed by atoms with Gasteiger partial charge in [-0.1, -0.05) is 40.2 Å². The molecule has 1 N–H and O–H groups in total. The predicted octanol–water partition coefficient (Wildman–Crippen LogP) is 4.43. The lowest BCUT2D eigenvalue weighted by Gasteiger charge is -2.09. The molecule has 3 aromatic rings. The molecule has 0 saturated heterocycles. The molecule has 0 bridgehead atoms. The second-order valence-corrected chi connectivity index (χ2v) is 5.71. The summed E-state index contributed by atoms with van der Waals surface area (Å²) in [6.45, 7) is 1.29. The van der Waals surface area contributed by atoms with Crippen LogP contribution in [0.3, 0.4) is 0 Å². The minimum Gasteiger partial charge on any atom is -0.308 e. The topological polar surface area (TPSA) is 24.9 Å². The molecule has 0 fully saturated rings. The van der Waals surface area contributed by atoms with Gasteiger partial charge in [0.05, 0.1) is 0 Å². The largest absolute Gasteiger partial charge is 0.308 e.